The van der Waals surface area contributed by atoms with Gasteiger partial charge in [0.05, 0.1) is 6.20 Å². The molecule has 0 saturated carbocycles. The second-order valence-corrected chi connectivity index (χ2v) is 6.65. The molecule has 5 nitrogen and oxygen atoms in total. The third kappa shape index (κ3) is 5.18. The highest BCUT2D eigenvalue weighted by atomic mass is 16.5. The van der Waals surface area contributed by atoms with Gasteiger partial charge in [-0.15, -0.1) is 0 Å². The van der Waals surface area contributed by atoms with Crippen LogP contribution in [-0.2, 0) is 6.42 Å². The first-order valence-corrected chi connectivity index (χ1v) is 9.19. The van der Waals surface area contributed by atoms with Crippen LogP contribution in [0.3, 0.4) is 0 Å². The van der Waals surface area contributed by atoms with E-state index in [9.17, 15) is 5.11 Å². The van der Waals surface area contributed by atoms with Crippen molar-refractivity contribution >= 4 is 5.82 Å². The Morgan fingerprint density at radius 3 is 2.56 bits per heavy atom. The number of aliphatic hydroxyl groups excluding tert-OH is 1. The van der Waals surface area contributed by atoms with Gasteiger partial charge < -0.3 is 14.7 Å². The van der Waals surface area contributed by atoms with Crippen molar-refractivity contribution in [1.29, 1.82) is 0 Å². The maximum atomic E-state index is 10.3. The predicted octanol–water partition coefficient (Wildman–Crippen LogP) is 0.208. The summed E-state index contributed by atoms with van der Waals surface area (Å²) in [6.07, 6.45) is 2.55. The van der Waals surface area contributed by atoms with E-state index in [4.69, 9.17) is 4.74 Å². The number of nitrogens with zero attached hydrogens (tertiary/aromatic N) is 1. The number of anilines is 1. The number of aryl methyl sites for hydroxylation is 1. The normalized spacial score (nSPS) is 16.6. The van der Waals surface area contributed by atoms with Gasteiger partial charge in [0.15, 0.2) is 0 Å². The average molecular weight is 343 g/mol. The lowest BCUT2D eigenvalue weighted by Gasteiger charge is -2.29. The molecule has 1 fully saturated rings. The summed E-state index contributed by atoms with van der Waals surface area (Å²) in [5.74, 6) is 2.00. The molecule has 0 spiro atoms. The van der Waals surface area contributed by atoms with Crippen LogP contribution < -0.4 is 19.5 Å². The molecular weight excluding hydrogens is 314 g/mol. The Kier molecular flexibility index (Phi) is 6.25. The molecule has 1 aliphatic heterocycles. The highest BCUT2D eigenvalue weighted by molar-refractivity contribution is 5.32. The van der Waals surface area contributed by atoms with Gasteiger partial charge >= 0.3 is 0 Å². The summed E-state index contributed by atoms with van der Waals surface area (Å²) in [7, 11) is 0. The number of aliphatic hydroxyl groups is 1. The minimum Gasteiger partial charge on any atom is -0.491 e. The third-order valence-electron chi connectivity index (χ3n) is 4.80. The van der Waals surface area contributed by atoms with Gasteiger partial charge in [-0.3, -0.25) is 4.90 Å². The number of quaternary nitrogens is 1. The van der Waals surface area contributed by atoms with E-state index in [0.29, 0.717) is 6.61 Å². The summed E-state index contributed by atoms with van der Waals surface area (Å²) in [6.45, 7) is 7.29. The van der Waals surface area contributed by atoms with Gasteiger partial charge in [0, 0.05) is 6.07 Å². The molecule has 0 bridgehead atoms. The van der Waals surface area contributed by atoms with E-state index in [1.165, 1.54) is 16.3 Å². The van der Waals surface area contributed by atoms with Crippen molar-refractivity contribution in [3.8, 4) is 5.75 Å². The zero-order valence-electron chi connectivity index (χ0n) is 14.9. The lowest BCUT2D eigenvalue weighted by molar-refractivity contribution is -0.903. The Hall–Kier alpha value is -2.11. The molecule has 1 atom stereocenters. The molecule has 2 aromatic rings. The van der Waals surface area contributed by atoms with E-state index < -0.39 is 6.10 Å². The fourth-order valence-corrected chi connectivity index (χ4v) is 3.25. The number of rotatable bonds is 7. The van der Waals surface area contributed by atoms with Gasteiger partial charge in [-0.25, -0.2) is 4.98 Å². The zero-order chi connectivity index (χ0) is 17.5. The Morgan fingerprint density at radius 2 is 1.92 bits per heavy atom. The molecule has 25 heavy (non-hydrogen) atoms. The number of hydrogen-bond acceptors (Lipinski definition) is 3. The molecule has 0 amide bonds. The molecule has 2 heterocycles. The first-order chi connectivity index (χ1) is 12.2. The van der Waals surface area contributed by atoms with E-state index in [1.807, 2.05) is 24.4 Å². The summed E-state index contributed by atoms with van der Waals surface area (Å²) in [5, 5.41) is 10.3. The number of pyridine rings is 1. The molecule has 0 radical (unpaired) electrons. The monoisotopic (exact) mass is 343 g/mol. The average Bonchev–Trinajstić information content (AvgIpc) is 2.68. The first-order valence-electron chi connectivity index (χ1n) is 9.19. The number of H-pyrrole nitrogens is 1. The Bertz CT molecular complexity index is 625. The fourth-order valence-electron chi connectivity index (χ4n) is 3.25. The van der Waals surface area contributed by atoms with E-state index in [2.05, 4.69) is 41.1 Å². The van der Waals surface area contributed by atoms with Crippen molar-refractivity contribution < 1.29 is 19.7 Å². The summed E-state index contributed by atoms with van der Waals surface area (Å²) in [6, 6.07) is 14.3. The quantitative estimate of drug-likeness (QED) is 0.756. The SMILES string of the molecule is CCc1ccc(OC[C@H](O)C[NH+]2CCN(c3cccc[nH+]3)CC2)cc1. The Labute approximate surface area is 149 Å². The largest absolute Gasteiger partial charge is 0.491 e. The van der Waals surface area contributed by atoms with E-state index in [0.717, 1.165) is 44.9 Å². The number of benzene rings is 1. The van der Waals surface area contributed by atoms with Crippen molar-refractivity contribution in [3.05, 3.63) is 54.2 Å². The fraction of sp³-hybridized carbons (Fsp3) is 0.450. The molecule has 0 unspecified atom stereocenters. The second-order valence-electron chi connectivity index (χ2n) is 6.65. The van der Waals surface area contributed by atoms with Crippen molar-refractivity contribution in [2.75, 3.05) is 44.2 Å². The number of hydrogen-bond donors (Lipinski definition) is 2. The highest BCUT2D eigenvalue weighted by Gasteiger charge is 2.27. The van der Waals surface area contributed by atoms with E-state index >= 15 is 0 Å². The van der Waals surface area contributed by atoms with Crippen molar-refractivity contribution in [3.63, 3.8) is 0 Å². The van der Waals surface area contributed by atoms with E-state index in [-0.39, 0.29) is 0 Å². The van der Waals surface area contributed by atoms with Gasteiger partial charge in [0.25, 0.3) is 5.82 Å². The van der Waals surface area contributed by atoms with Gasteiger partial charge in [-0.1, -0.05) is 25.1 Å². The van der Waals surface area contributed by atoms with E-state index in [1.54, 1.807) is 0 Å². The number of piperazine rings is 1. The van der Waals surface area contributed by atoms with Crippen LogP contribution in [0.4, 0.5) is 5.82 Å². The zero-order valence-corrected chi connectivity index (χ0v) is 14.9. The molecule has 5 heteroatoms. The second kappa shape index (κ2) is 8.83. The molecule has 134 valence electrons. The number of nitrogens with one attached hydrogen (secondary N) is 2. The Morgan fingerprint density at radius 1 is 1.16 bits per heavy atom. The molecule has 1 aliphatic rings. The molecule has 0 aliphatic carbocycles. The van der Waals surface area contributed by atoms with Crippen LogP contribution in [0.15, 0.2) is 48.7 Å². The first kappa shape index (κ1) is 17.7. The van der Waals surface area contributed by atoms with Crippen LogP contribution in [-0.4, -0.2) is 50.5 Å². The molecule has 3 N–H and O–H groups in total. The van der Waals surface area contributed by atoms with Crippen molar-refractivity contribution in [2.45, 2.75) is 19.4 Å². The maximum absolute atomic E-state index is 10.3. The summed E-state index contributed by atoms with van der Waals surface area (Å²) in [4.78, 5) is 7.09. The van der Waals surface area contributed by atoms with Gasteiger partial charge in [-0.05, 0) is 30.2 Å². The molecule has 1 aromatic carbocycles. The minimum absolute atomic E-state index is 0.352. The number of aromatic amines is 1. The summed E-state index contributed by atoms with van der Waals surface area (Å²) < 4.78 is 5.72. The van der Waals surface area contributed by atoms with Crippen molar-refractivity contribution in [2.24, 2.45) is 0 Å². The van der Waals surface area contributed by atoms with Gasteiger partial charge in [0.2, 0.25) is 0 Å². The summed E-state index contributed by atoms with van der Waals surface area (Å²) >= 11 is 0. The highest BCUT2D eigenvalue weighted by Crippen LogP contribution is 2.12. The Balaban J connectivity index is 1.39. The van der Waals surface area contributed by atoms with Crippen LogP contribution in [0.5, 0.6) is 5.75 Å². The van der Waals surface area contributed by atoms with Crippen LogP contribution in [0.1, 0.15) is 12.5 Å². The van der Waals surface area contributed by atoms with Crippen LogP contribution in [0.2, 0.25) is 0 Å². The maximum Gasteiger partial charge on any atom is 0.274 e. The third-order valence-corrected chi connectivity index (χ3v) is 4.80. The van der Waals surface area contributed by atoms with Crippen LogP contribution in [0, 0.1) is 0 Å². The predicted molar refractivity (Wildman–Crippen MR) is 98.1 cm³/mol. The van der Waals surface area contributed by atoms with Crippen LogP contribution in [0.25, 0.3) is 0 Å². The van der Waals surface area contributed by atoms with Crippen molar-refractivity contribution in [1.82, 2.24) is 0 Å². The smallest absolute Gasteiger partial charge is 0.274 e. The topological polar surface area (TPSA) is 51.3 Å². The van der Waals surface area contributed by atoms with Crippen LogP contribution >= 0.6 is 0 Å². The van der Waals surface area contributed by atoms with Gasteiger partial charge in [-0.2, -0.15) is 0 Å². The number of aromatic nitrogens is 1. The summed E-state index contributed by atoms with van der Waals surface area (Å²) in [5.41, 5.74) is 1.30. The minimum atomic E-state index is -0.435. The number of ether oxygens (including phenoxy) is 1. The standard InChI is InChI=1S/C20H27N3O2/c1-2-17-6-8-19(9-7-17)25-16-18(24)15-22-11-13-23(14-12-22)20-5-3-4-10-21-20/h3-10,18,24H,2,11-16H2,1H3/p+2/t18-/m1/s1. The molecule has 3 rings (SSSR count). The lowest BCUT2D eigenvalue weighted by Crippen LogP contribution is -3.16. The van der Waals surface area contributed by atoms with Gasteiger partial charge in [0.1, 0.15) is 51.2 Å². The molecule has 1 saturated heterocycles. The lowest BCUT2D eigenvalue weighted by atomic mass is 10.2. The molecule has 1 aromatic heterocycles. The molecular formula is C20H29N3O2+2.